The molecule has 2 heterocycles. The first kappa shape index (κ1) is 22.7. The van der Waals surface area contributed by atoms with E-state index in [1.165, 1.54) is 0 Å². The molecule has 1 aliphatic heterocycles. The monoisotopic (exact) mass is 469 g/mol. The van der Waals surface area contributed by atoms with Gasteiger partial charge in [0.05, 0.1) is 30.7 Å². The number of carbonyl (C=O) groups is 1. The van der Waals surface area contributed by atoms with Crippen LogP contribution in [-0.4, -0.2) is 19.6 Å². The van der Waals surface area contributed by atoms with Crippen molar-refractivity contribution in [3.05, 3.63) is 98.9 Å². The highest BCUT2D eigenvalue weighted by Gasteiger charge is 2.43. The summed E-state index contributed by atoms with van der Waals surface area (Å²) in [6.07, 6.45) is 0.876. The minimum absolute atomic E-state index is 0.0754. The van der Waals surface area contributed by atoms with Gasteiger partial charge in [0.25, 0.3) is 5.91 Å². The Morgan fingerprint density at radius 2 is 1.69 bits per heavy atom. The Hall–Kier alpha value is -4.06. The van der Waals surface area contributed by atoms with Crippen LogP contribution in [-0.2, 0) is 0 Å². The van der Waals surface area contributed by atoms with Gasteiger partial charge in [-0.25, -0.2) is 0 Å². The number of anilines is 1. The van der Waals surface area contributed by atoms with Gasteiger partial charge in [-0.05, 0) is 85.5 Å². The standard InChI is InChI=1S/C29H27NO5/c1-5-13-34-22-8-6-7-19(16-22)26-25-27(31)23-14-17(2)18(3)15-24(23)35-28(25)29(32)30(26)20-9-11-21(33-4)12-10-20/h6-12,14-16,26H,5,13H2,1-4H3. The van der Waals surface area contributed by atoms with E-state index >= 15 is 0 Å². The Labute approximate surface area is 203 Å². The fourth-order valence-corrected chi connectivity index (χ4v) is 4.55. The molecule has 0 radical (unpaired) electrons. The predicted octanol–water partition coefficient (Wildman–Crippen LogP) is 5.96. The summed E-state index contributed by atoms with van der Waals surface area (Å²) < 4.78 is 17.3. The number of fused-ring (bicyclic) bond motifs is 2. The lowest BCUT2D eigenvalue weighted by Gasteiger charge is -2.25. The Morgan fingerprint density at radius 1 is 0.943 bits per heavy atom. The maximum atomic E-state index is 13.9. The predicted molar refractivity (Wildman–Crippen MR) is 136 cm³/mol. The van der Waals surface area contributed by atoms with Crippen molar-refractivity contribution in [2.75, 3.05) is 18.6 Å². The van der Waals surface area contributed by atoms with Gasteiger partial charge in [-0.3, -0.25) is 14.5 Å². The number of hydrogen-bond donors (Lipinski definition) is 0. The molecule has 0 N–H and O–H groups in total. The summed E-state index contributed by atoms with van der Waals surface area (Å²) in [6, 6.07) is 17.8. The molecule has 178 valence electrons. The van der Waals surface area contributed by atoms with E-state index < -0.39 is 6.04 Å². The maximum Gasteiger partial charge on any atom is 0.295 e. The summed E-state index contributed by atoms with van der Waals surface area (Å²) in [4.78, 5) is 29.2. The van der Waals surface area contributed by atoms with Crippen LogP contribution in [0.4, 0.5) is 5.69 Å². The molecular weight excluding hydrogens is 442 g/mol. The van der Waals surface area contributed by atoms with E-state index in [0.29, 0.717) is 40.3 Å². The minimum Gasteiger partial charge on any atom is -0.497 e. The first-order chi connectivity index (χ1) is 16.9. The Balaban J connectivity index is 1.75. The van der Waals surface area contributed by atoms with Crippen LogP contribution in [0.25, 0.3) is 11.0 Å². The number of aryl methyl sites for hydroxylation is 2. The lowest BCUT2D eigenvalue weighted by molar-refractivity contribution is 0.0971. The van der Waals surface area contributed by atoms with E-state index in [2.05, 4.69) is 0 Å². The van der Waals surface area contributed by atoms with Gasteiger partial charge < -0.3 is 13.9 Å². The number of methoxy groups -OCH3 is 1. The molecule has 6 nitrogen and oxygen atoms in total. The van der Waals surface area contributed by atoms with Crippen LogP contribution in [0.5, 0.6) is 11.5 Å². The zero-order chi connectivity index (χ0) is 24.7. The molecule has 0 bridgehead atoms. The zero-order valence-corrected chi connectivity index (χ0v) is 20.3. The Bertz CT molecular complexity index is 1490. The van der Waals surface area contributed by atoms with E-state index in [1.54, 1.807) is 24.1 Å². The van der Waals surface area contributed by atoms with Gasteiger partial charge in [0.2, 0.25) is 5.76 Å². The number of rotatable bonds is 6. The third-order valence-corrected chi connectivity index (χ3v) is 6.48. The number of benzene rings is 3. The lowest BCUT2D eigenvalue weighted by atomic mass is 9.97. The van der Waals surface area contributed by atoms with Gasteiger partial charge in [-0.2, -0.15) is 0 Å². The molecule has 0 saturated heterocycles. The molecule has 0 spiro atoms. The molecule has 1 atom stereocenters. The normalized spacial score (nSPS) is 14.9. The fraction of sp³-hybridized carbons (Fsp3) is 0.241. The number of carbonyl (C=O) groups excluding carboxylic acids is 1. The molecule has 1 amide bonds. The van der Waals surface area contributed by atoms with Crippen molar-refractivity contribution in [1.29, 1.82) is 0 Å². The average Bonchev–Trinajstić information content (AvgIpc) is 3.16. The van der Waals surface area contributed by atoms with Crippen LogP contribution in [0.1, 0.15) is 52.2 Å². The zero-order valence-electron chi connectivity index (χ0n) is 20.3. The van der Waals surface area contributed by atoms with Crippen molar-refractivity contribution in [3.63, 3.8) is 0 Å². The van der Waals surface area contributed by atoms with Gasteiger partial charge in [0.15, 0.2) is 5.43 Å². The largest absolute Gasteiger partial charge is 0.497 e. The summed E-state index contributed by atoms with van der Waals surface area (Å²) >= 11 is 0. The van der Waals surface area contributed by atoms with Crippen molar-refractivity contribution in [2.45, 2.75) is 33.2 Å². The highest BCUT2D eigenvalue weighted by Crippen LogP contribution is 2.42. The maximum absolute atomic E-state index is 13.9. The molecular formula is C29H27NO5. The molecule has 0 saturated carbocycles. The summed E-state index contributed by atoms with van der Waals surface area (Å²) in [6.45, 7) is 6.54. The molecule has 3 aromatic carbocycles. The highest BCUT2D eigenvalue weighted by atomic mass is 16.5. The average molecular weight is 470 g/mol. The van der Waals surface area contributed by atoms with Crippen molar-refractivity contribution in [1.82, 2.24) is 0 Å². The molecule has 1 unspecified atom stereocenters. The molecule has 0 aliphatic carbocycles. The minimum atomic E-state index is -0.654. The Morgan fingerprint density at radius 3 is 2.40 bits per heavy atom. The third-order valence-electron chi connectivity index (χ3n) is 6.48. The second kappa shape index (κ2) is 8.95. The van der Waals surface area contributed by atoms with Crippen molar-refractivity contribution in [3.8, 4) is 11.5 Å². The van der Waals surface area contributed by atoms with Crippen LogP contribution >= 0.6 is 0 Å². The fourth-order valence-electron chi connectivity index (χ4n) is 4.55. The SMILES string of the molecule is CCCOc1cccc(C2c3c(oc4cc(C)c(C)cc4c3=O)C(=O)N2c2ccc(OC)cc2)c1. The number of amides is 1. The number of nitrogens with zero attached hydrogens (tertiary/aromatic N) is 1. The first-order valence-electron chi connectivity index (χ1n) is 11.7. The summed E-state index contributed by atoms with van der Waals surface area (Å²) in [7, 11) is 1.59. The van der Waals surface area contributed by atoms with E-state index in [0.717, 1.165) is 23.1 Å². The molecule has 6 heteroatoms. The van der Waals surface area contributed by atoms with Crippen LogP contribution in [0.3, 0.4) is 0 Å². The molecule has 35 heavy (non-hydrogen) atoms. The van der Waals surface area contributed by atoms with Crippen LogP contribution in [0, 0.1) is 13.8 Å². The first-order valence-corrected chi connectivity index (χ1v) is 11.7. The topological polar surface area (TPSA) is 69.0 Å². The van der Waals surface area contributed by atoms with Gasteiger partial charge in [-0.15, -0.1) is 0 Å². The van der Waals surface area contributed by atoms with Gasteiger partial charge in [0.1, 0.15) is 17.1 Å². The van der Waals surface area contributed by atoms with Crippen molar-refractivity contribution in [2.24, 2.45) is 0 Å². The van der Waals surface area contributed by atoms with Gasteiger partial charge in [0, 0.05) is 5.69 Å². The number of ether oxygens (including phenoxy) is 2. The van der Waals surface area contributed by atoms with E-state index in [9.17, 15) is 9.59 Å². The third kappa shape index (κ3) is 3.85. The van der Waals surface area contributed by atoms with Gasteiger partial charge in [-0.1, -0.05) is 19.1 Å². The summed E-state index contributed by atoms with van der Waals surface area (Å²) in [5, 5.41) is 0.472. The molecule has 0 fully saturated rings. The molecule has 1 aliphatic rings. The lowest BCUT2D eigenvalue weighted by Crippen LogP contribution is -2.29. The number of hydrogen-bond acceptors (Lipinski definition) is 5. The molecule has 5 rings (SSSR count). The summed E-state index contributed by atoms with van der Waals surface area (Å²) in [5.41, 5.74) is 3.97. The van der Waals surface area contributed by atoms with E-state index in [4.69, 9.17) is 13.9 Å². The quantitative estimate of drug-likeness (QED) is 0.349. The van der Waals surface area contributed by atoms with Crippen molar-refractivity contribution < 1.29 is 18.7 Å². The van der Waals surface area contributed by atoms with Crippen LogP contribution < -0.4 is 19.8 Å². The molecule has 4 aromatic rings. The second-order valence-electron chi connectivity index (χ2n) is 8.80. The van der Waals surface area contributed by atoms with Crippen LogP contribution in [0.2, 0.25) is 0 Å². The van der Waals surface area contributed by atoms with Crippen molar-refractivity contribution >= 4 is 22.6 Å². The highest BCUT2D eigenvalue weighted by molar-refractivity contribution is 6.10. The smallest absolute Gasteiger partial charge is 0.295 e. The Kier molecular flexibility index (Phi) is 5.81. The second-order valence-corrected chi connectivity index (χ2v) is 8.80. The summed E-state index contributed by atoms with van der Waals surface area (Å²) in [5.74, 6) is 1.09. The van der Waals surface area contributed by atoms with E-state index in [1.807, 2.05) is 69.3 Å². The van der Waals surface area contributed by atoms with Crippen LogP contribution in [0.15, 0.2) is 69.9 Å². The molecule has 1 aromatic heterocycles. The van der Waals surface area contributed by atoms with Gasteiger partial charge >= 0.3 is 0 Å². The van der Waals surface area contributed by atoms with E-state index in [-0.39, 0.29) is 17.1 Å².